The van der Waals surface area contributed by atoms with Gasteiger partial charge in [0.1, 0.15) is 11.2 Å². The minimum Gasteiger partial charge on any atom is -0.381 e. The van der Waals surface area contributed by atoms with Crippen molar-refractivity contribution in [2.75, 3.05) is 12.0 Å². The first-order chi connectivity index (χ1) is 13.8. The van der Waals surface area contributed by atoms with E-state index in [4.69, 9.17) is 5.73 Å². The van der Waals surface area contributed by atoms with Crippen molar-refractivity contribution >= 4 is 28.6 Å². The molecule has 0 bridgehead atoms. The quantitative estimate of drug-likeness (QED) is 0.490. The summed E-state index contributed by atoms with van der Waals surface area (Å²) in [6.07, 6.45) is -2.53. The molecule has 4 aromatic rings. The lowest BCUT2D eigenvalue weighted by molar-refractivity contribution is -0.137. The highest BCUT2D eigenvalue weighted by Crippen LogP contribution is 2.31. The first-order valence-electron chi connectivity index (χ1n) is 8.38. The fraction of sp³-hybridized carbons (Fsp3) is 0.105. The maximum Gasteiger partial charge on any atom is 0.416 e. The van der Waals surface area contributed by atoms with Gasteiger partial charge >= 0.3 is 6.18 Å². The molecule has 0 aliphatic heterocycles. The molecule has 0 aliphatic carbocycles. The van der Waals surface area contributed by atoms with Gasteiger partial charge in [0.05, 0.1) is 11.3 Å². The first kappa shape index (κ1) is 19.1. The predicted octanol–water partition coefficient (Wildman–Crippen LogP) is 4.10. The number of halogens is 3. The fourth-order valence-electron chi connectivity index (χ4n) is 2.97. The highest BCUT2D eigenvalue weighted by molar-refractivity contribution is 7.98. The molecule has 0 fully saturated rings. The molecule has 2 aromatic carbocycles. The zero-order valence-electron chi connectivity index (χ0n) is 15.0. The molecule has 4 rings (SSSR count). The lowest BCUT2D eigenvalue weighted by atomic mass is 10.1. The number of alkyl halides is 3. The van der Waals surface area contributed by atoms with E-state index in [1.54, 1.807) is 23.9 Å². The predicted molar refractivity (Wildman–Crippen MR) is 106 cm³/mol. The van der Waals surface area contributed by atoms with Crippen LogP contribution in [0.2, 0.25) is 0 Å². The molecule has 2 aromatic heterocycles. The zero-order chi connectivity index (χ0) is 20.8. The minimum absolute atomic E-state index is 0.00551. The Morgan fingerprint density at radius 3 is 2.31 bits per heavy atom. The van der Waals surface area contributed by atoms with Crippen molar-refractivity contribution in [3.63, 3.8) is 0 Å². The van der Waals surface area contributed by atoms with Crippen molar-refractivity contribution in [2.24, 2.45) is 0 Å². The third kappa shape index (κ3) is 3.35. The van der Waals surface area contributed by atoms with Crippen molar-refractivity contribution in [2.45, 2.75) is 11.1 Å². The maximum atomic E-state index is 13.2. The van der Waals surface area contributed by atoms with E-state index in [1.165, 1.54) is 16.7 Å². The Morgan fingerprint density at radius 2 is 1.72 bits per heavy atom. The van der Waals surface area contributed by atoms with Crippen LogP contribution in [0.5, 0.6) is 0 Å². The second kappa shape index (κ2) is 6.96. The molecule has 0 amide bonds. The molecular formula is C19H14F3N5OS. The summed E-state index contributed by atoms with van der Waals surface area (Å²) in [5.74, 6) is 0.183. The number of aromatic amines is 1. The summed E-state index contributed by atoms with van der Waals surface area (Å²) in [5.41, 5.74) is 5.58. The van der Waals surface area contributed by atoms with Crippen LogP contribution in [0.3, 0.4) is 0 Å². The number of anilines is 1. The Labute approximate surface area is 166 Å². The average Bonchev–Trinajstić information content (AvgIpc) is 3.08. The van der Waals surface area contributed by atoms with E-state index in [1.807, 2.05) is 18.4 Å². The van der Waals surface area contributed by atoms with Gasteiger partial charge in [-0.2, -0.15) is 18.3 Å². The second-order valence-corrected chi connectivity index (χ2v) is 7.06. The van der Waals surface area contributed by atoms with Crippen LogP contribution in [0, 0.1) is 0 Å². The van der Waals surface area contributed by atoms with E-state index in [9.17, 15) is 18.0 Å². The van der Waals surface area contributed by atoms with E-state index >= 15 is 0 Å². The Morgan fingerprint density at radius 1 is 1.07 bits per heavy atom. The Balaban J connectivity index is 1.98. The second-order valence-electron chi connectivity index (χ2n) is 6.18. The molecule has 2 heterocycles. The summed E-state index contributed by atoms with van der Waals surface area (Å²) in [5, 5.41) is 6.53. The van der Waals surface area contributed by atoms with Gasteiger partial charge in [-0.05, 0) is 42.7 Å². The number of H-pyrrole nitrogens is 1. The summed E-state index contributed by atoms with van der Waals surface area (Å²) in [4.78, 5) is 18.6. The molecule has 0 saturated heterocycles. The van der Waals surface area contributed by atoms with Crippen molar-refractivity contribution in [1.29, 1.82) is 0 Å². The van der Waals surface area contributed by atoms with Gasteiger partial charge in [-0.3, -0.25) is 14.5 Å². The molecule has 0 unspecified atom stereocenters. The molecule has 0 atom stereocenters. The molecule has 148 valence electrons. The number of nitrogens with zero attached hydrogens (tertiary/aromatic N) is 3. The SMILES string of the molecule is CSc1ccc(-n2c(-c3ccc(C(F)(F)F)cc3)nc3[nH]nc(N)c3c2=O)cc1. The molecule has 6 nitrogen and oxygen atoms in total. The van der Waals surface area contributed by atoms with Gasteiger partial charge in [-0.15, -0.1) is 11.8 Å². The van der Waals surface area contributed by atoms with Crippen LogP contribution in [0.4, 0.5) is 19.0 Å². The Hall–Kier alpha value is -3.27. The normalized spacial score (nSPS) is 11.9. The number of thioether (sulfide) groups is 1. The summed E-state index contributed by atoms with van der Waals surface area (Å²) in [6.45, 7) is 0. The summed E-state index contributed by atoms with van der Waals surface area (Å²) < 4.78 is 40.1. The van der Waals surface area contributed by atoms with Gasteiger partial charge in [0.15, 0.2) is 11.5 Å². The number of benzene rings is 2. The van der Waals surface area contributed by atoms with Crippen LogP contribution >= 0.6 is 11.8 Å². The number of hydrogen-bond acceptors (Lipinski definition) is 5. The van der Waals surface area contributed by atoms with E-state index in [-0.39, 0.29) is 22.7 Å². The Kier molecular flexibility index (Phi) is 4.58. The lowest BCUT2D eigenvalue weighted by Crippen LogP contribution is -2.22. The largest absolute Gasteiger partial charge is 0.416 e. The smallest absolute Gasteiger partial charge is 0.381 e. The van der Waals surface area contributed by atoms with E-state index < -0.39 is 17.3 Å². The third-order valence-corrected chi connectivity index (χ3v) is 5.17. The summed E-state index contributed by atoms with van der Waals surface area (Å²) in [7, 11) is 0. The van der Waals surface area contributed by atoms with Crippen LogP contribution in [0.25, 0.3) is 28.1 Å². The number of nitrogens with two attached hydrogens (primary N) is 1. The molecule has 0 saturated carbocycles. The number of nitrogen functional groups attached to an aromatic ring is 1. The first-order valence-corrected chi connectivity index (χ1v) is 9.60. The molecule has 0 aliphatic rings. The van der Waals surface area contributed by atoms with E-state index in [2.05, 4.69) is 15.2 Å². The highest BCUT2D eigenvalue weighted by Gasteiger charge is 2.30. The standard InChI is InChI=1S/C19H14F3N5OS/c1-29-13-8-6-12(7-9-13)27-17(10-2-4-11(5-3-10)19(20,21)22)24-16-14(18(27)28)15(23)25-26-16/h2-9H,1H3,(H3,23,25,26). The van der Waals surface area contributed by atoms with Gasteiger partial charge in [-0.1, -0.05) is 12.1 Å². The van der Waals surface area contributed by atoms with Crippen molar-refractivity contribution < 1.29 is 13.2 Å². The number of nitrogens with one attached hydrogen (secondary N) is 1. The average molecular weight is 417 g/mol. The topological polar surface area (TPSA) is 89.6 Å². The highest BCUT2D eigenvalue weighted by atomic mass is 32.2. The van der Waals surface area contributed by atoms with E-state index in [0.29, 0.717) is 11.3 Å². The summed E-state index contributed by atoms with van der Waals surface area (Å²) in [6, 6.07) is 11.6. The van der Waals surface area contributed by atoms with Crippen LogP contribution < -0.4 is 11.3 Å². The minimum atomic E-state index is -4.46. The van der Waals surface area contributed by atoms with Gasteiger partial charge in [0.2, 0.25) is 0 Å². The van der Waals surface area contributed by atoms with E-state index in [0.717, 1.165) is 17.0 Å². The van der Waals surface area contributed by atoms with Gasteiger partial charge in [0.25, 0.3) is 5.56 Å². The monoisotopic (exact) mass is 417 g/mol. The van der Waals surface area contributed by atoms with Crippen LogP contribution in [-0.2, 0) is 6.18 Å². The zero-order valence-corrected chi connectivity index (χ0v) is 15.8. The van der Waals surface area contributed by atoms with Crippen molar-refractivity contribution in [3.05, 3.63) is 64.4 Å². The fourth-order valence-corrected chi connectivity index (χ4v) is 3.38. The molecule has 3 N–H and O–H groups in total. The number of rotatable bonds is 3. The van der Waals surface area contributed by atoms with Crippen LogP contribution in [0.15, 0.2) is 58.2 Å². The molecule has 10 heteroatoms. The number of hydrogen-bond donors (Lipinski definition) is 2. The Bertz CT molecular complexity index is 1240. The summed E-state index contributed by atoms with van der Waals surface area (Å²) >= 11 is 1.54. The lowest BCUT2D eigenvalue weighted by Gasteiger charge is -2.14. The van der Waals surface area contributed by atoms with Crippen molar-refractivity contribution in [1.82, 2.24) is 19.7 Å². The molecule has 0 radical (unpaired) electrons. The number of aromatic nitrogens is 4. The number of fused-ring (bicyclic) bond motifs is 1. The maximum absolute atomic E-state index is 13.2. The molecular weight excluding hydrogens is 403 g/mol. The van der Waals surface area contributed by atoms with Crippen LogP contribution in [-0.4, -0.2) is 26.0 Å². The van der Waals surface area contributed by atoms with Crippen molar-refractivity contribution in [3.8, 4) is 17.1 Å². The van der Waals surface area contributed by atoms with Gasteiger partial charge in [0, 0.05) is 10.5 Å². The van der Waals surface area contributed by atoms with Crippen LogP contribution in [0.1, 0.15) is 5.56 Å². The third-order valence-electron chi connectivity index (χ3n) is 4.42. The molecule has 0 spiro atoms. The van der Waals surface area contributed by atoms with Gasteiger partial charge < -0.3 is 5.73 Å². The molecule has 29 heavy (non-hydrogen) atoms. The van der Waals surface area contributed by atoms with Gasteiger partial charge in [-0.25, -0.2) is 4.98 Å².